The molecular weight excluding hydrogens is 280 g/mol. The van der Waals surface area contributed by atoms with E-state index in [1.807, 2.05) is 0 Å². The summed E-state index contributed by atoms with van der Waals surface area (Å²) in [7, 11) is 0. The highest BCUT2D eigenvalue weighted by Gasteiger charge is 2.20. The van der Waals surface area contributed by atoms with Gasteiger partial charge in [0.15, 0.2) is 0 Å². The number of nitrogens with one attached hydrogen (secondary N) is 2. The van der Waals surface area contributed by atoms with Gasteiger partial charge in [0.1, 0.15) is 6.04 Å². The van der Waals surface area contributed by atoms with E-state index in [0.717, 1.165) is 0 Å². The highest BCUT2D eigenvalue weighted by Crippen LogP contribution is 1.98. The number of aryl methyl sites for hydroxylation is 1. The zero-order valence-electron chi connectivity index (χ0n) is 11.4. The van der Waals surface area contributed by atoms with Crippen molar-refractivity contribution >= 4 is 18.0 Å². The molecule has 0 aliphatic carbocycles. The van der Waals surface area contributed by atoms with Crippen LogP contribution in [0.3, 0.4) is 0 Å². The Labute approximate surface area is 120 Å². The number of amides is 2. The number of hydrogen-bond acceptors (Lipinski definition) is 4. The number of hydrogen-bond donors (Lipinski definition) is 4. The summed E-state index contributed by atoms with van der Waals surface area (Å²) in [4.78, 5) is 32.8. The summed E-state index contributed by atoms with van der Waals surface area (Å²) in [6.07, 6.45) is 3.61. The number of urea groups is 1. The Morgan fingerprint density at radius 1 is 1.29 bits per heavy atom. The quantitative estimate of drug-likeness (QED) is 0.470. The molecule has 0 radical (unpaired) electrons. The Morgan fingerprint density at radius 3 is 2.62 bits per heavy atom. The smallest absolute Gasteiger partial charge is 0.326 e. The monoisotopic (exact) mass is 298 g/mol. The molecule has 0 fully saturated rings. The third-order valence-electron chi connectivity index (χ3n) is 2.66. The van der Waals surface area contributed by atoms with E-state index in [4.69, 9.17) is 10.2 Å². The number of carbonyl (C=O) groups is 3. The predicted molar refractivity (Wildman–Crippen MR) is 71.7 cm³/mol. The molecule has 1 aromatic rings. The fraction of sp³-hybridized carbons (Fsp3) is 0.500. The van der Waals surface area contributed by atoms with Gasteiger partial charge >= 0.3 is 18.0 Å². The van der Waals surface area contributed by atoms with E-state index in [0.29, 0.717) is 19.5 Å². The lowest BCUT2D eigenvalue weighted by atomic mass is 10.1. The van der Waals surface area contributed by atoms with Gasteiger partial charge in [-0.25, -0.2) is 9.59 Å². The second-order valence-corrected chi connectivity index (χ2v) is 4.35. The first-order valence-corrected chi connectivity index (χ1v) is 6.45. The molecule has 4 N–H and O–H groups in total. The van der Waals surface area contributed by atoms with Crippen LogP contribution < -0.4 is 10.6 Å². The maximum atomic E-state index is 11.5. The summed E-state index contributed by atoms with van der Waals surface area (Å²) in [5, 5.41) is 26.1. The van der Waals surface area contributed by atoms with Gasteiger partial charge in [-0.15, -0.1) is 0 Å². The Kier molecular flexibility index (Phi) is 6.72. The number of carbonyl (C=O) groups excluding carboxylic acids is 1. The van der Waals surface area contributed by atoms with Crippen molar-refractivity contribution < 1.29 is 24.6 Å². The molecule has 1 atom stereocenters. The van der Waals surface area contributed by atoms with Crippen LogP contribution in [0, 0.1) is 0 Å². The van der Waals surface area contributed by atoms with Crippen molar-refractivity contribution in [2.45, 2.75) is 31.8 Å². The maximum absolute atomic E-state index is 11.5. The molecule has 9 nitrogen and oxygen atoms in total. The molecule has 0 saturated carbocycles. The molecule has 1 unspecified atom stereocenters. The van der Waals surface area contributed by atoms with E-state index in [-0.39, 0.29) is 12.8 Å². The Balaban J connectivity index is 2.23. The van der Waals surface area contributed by atoms with Crippen LogP contribution in [-0.4, -0.2) is 50.5 Å². The molecule has 2 amide bonds. The van der Waals surface area contributed by atoms with Crippen molar-refractivity contribution in [2.24, 2.45) is 0 Å². The van der Waals surface area contributed by atoms with E-state index < -0.39 is 24.0 Å². The van der Waals surface area contributed by atoms with Gasteiger partial charge in [0.05, 0.1) is 0 Å². The largest absolute Gasteiger partial charge is 0.481 e. The van der Waals surface area contributed by atoms with Crippen molar-refractivity contribution in [1.82, 2.24) is 20.4 Å². The Morgan fingerprint density at radius 2 is 2.05 bits per heavy atom. The van der Waals surface area contributed by atoms with Crippen LogP contribution in [0.4, 0.5) is 4.79 Å². The highest BCUT2D eigenvalue weighted by molar-refractivity contribution is 5.82. The van der Waals surface area contributed by atoms with Crippen LogP contribution in [0.1, 0.15) is 19.3 Å². The number of carboxylic acid groups (broad SMARTS) is 2. The molecule has 0 bridgehead atoms. The van der Waals surface area contributed by atoms with Crippen molar-refractivity contribution in [2.75, 3.05) is 6.54 Å². The Bertz CT molecular complexity index is 474. The highest BCUT2D eigenvalue weighted by atomic mass is 16.4. The van der Waals surface area contributed by atoms with Gasteiger partial charge in [-0.3, -0.25) is 9.48 Å². The molecule has 21 heavy (non-hydrogen) atoms. The molecule has 0 spiro atoms. The predicted octanol–water partition coefficient (Wildman–Crippen LogP) is -0.110. The average Bonchev–Trinajstić information content (AvgIpc) is 2.92. The summed E-state index contributed by atoms with van der Waals surface area (Å²) in [5.74, 6) is -2.37. The van der Waals surface area contributed by atoms with Crippen molar-refractivity contribution in [3.8, 4) is 0 Å². The summed E-state index contributed by atoms with van der Waals surface area (Å²) in [5.41, 5.74) is 0. The fourth-order valence-electron chi connectivity index (χ4n) is 1.61. The van der Waals surface area contributed by atoms with Crippen LogP contribution in [0.15, 0.2) is 18.5 Å². The third kappa shape index (κ3) is 6.95. The normalized spacial score (nSPS) is 11.6. The number of rotatable bonds is 9. The van der Waals surface area contributed by atoms with Crippen molar-refractivity contribution in [1.29, 1.82) is 0 Å². The van der Waals surface area contributed by atoms with Crippen molar-refractivity contribution in [3.63, 3.8) is 0 Å². The lowest BCUT2D eigenvalue weighted by Gasteiger charge is -2.14. The lowest BCUT2D eigenvalue weighted by Crippen LogP contribution is -2.46. The number of nitrogens with zero attached hydrogens (tertiary/aromatic N) is 2. The molecule has 0 aliphatic rings. The van der Waals surface area contributed by atoms with Gasteiger partial charge in [-0.1, -0.05) is 0 Å². The fourth-order valence-corrected chi connectivity index (χ4v) is 1.61. The van der Waals surface area contributed by atoms with Gasteiger partial charge in [0.2, 0.25) is 0 Å². The SMILES string of the molecule is O=C(O)CCC(NC(=O)NCCCn1cccn1)C(=O)O. The second-order valence-electron chi connectivity index (χ2n) is 4.35. The maximum Gasteiger partial charge on any atom is 0.326 e. The van der Waals surface area contributed by atoms with Crippen LogP contribution in [0.25, 0.3) is 0 Å². The zero-order valence-corrected chi connectivity index (χ0v) is 11.4. The molecule has 0 saturated heterocycles. The van der Waals surface area contributed by atoms with Crippen LogP contribution in [0.5, 0.6) is 0 Å². The average molecular weight is 298 g/mol. The van der Waals surface area contributed by atoms with E-state index in [9.17, 15) is 14.4 Å². The van der Waals surface area contributed by atoms with Gasteiger partial charge in [-0.05, 0) is 18.9 Å². The first-order valence-electron chi connectivity index (χ1n) is 6.45. The Hall–Kier alpha value is -2.58. The molecular formula is C12H18N4O5. The summed E-state index contributed by atoms with van der Waals surface area (Å²) >= 11 is 0. The zero-order chi connectivity index (χ0) is 15.7. The number of carboxylic acids is 2. The first kappa shape index (κ1) is 16.5. The minimum absolute atomic E-state index is 0.161. The van der Waals surface area contributed by atoms with Crippen LogP contribution >= 0.6 is 0 Å². The molecule has 0 aromatic carbocycles. The standard InChI is InChI=1S/C12H18N4O5/c17-10(18)4-3-9(11(19)20)15-12(21)13-5-1-7-16-8-2-6-14-16/h2,6,8-9H,1,3-5,7H2,(H,17,18)(H,19,20)(H2,13,15,21). The van der Waals surface area contributed by atoms with Gasteiger partial charge in [-0.2, -0.15) is 5.10 Å². The minimum atomic E-state index is -1.26. The van der Waals surface area contributed by atoms with E-state index >= 15 is 0 Å². The minimum Gasteiger partial charge on any atom is -0.481 e. The third-order valence-corrected chi connectivity index (χ3v) is 2.66. The summed E-state index contributed by atoms with van der Waals surface area (Å²) in [6, 6.07) is -0.0551. The van der Waals surface area contributed by atoms with Gasteiger partial charge < -0.3 is 20.8 Å². The van der Waals surface area contributed by atoms with Crippen molar-refractivity contribution in [3.05, 3.63) is 18.5 Å². The molecule has 1 heterocycles. The number of aromatic nitrogens is 2. The van der Waals surface area contributed by atoms with Crippen LogP contribution in [-0.2, 0) is 16.1 Å². The molecule has 116 valence electrons. The molecule has 1 aromatic heterocycles. The topological polar surface area (TPSA) is 134 Å². The van der Waals surface area contributed by atoms with E-state index in [1.165, 1.54) is 0 Å². The first-order chi connectivity index (χ1) is 9.99. The lowest BCUT2D eigenvalue weighted by molar-refractivity contribution is -0.140. The van der Waals surface area contributed by atoms with Gasteiger partial charge in [0, 0.05) is 31.9 Å². The molecule has 9 heteroatoms. The van der Waals surface area contributed by atoms with E-state index in [2.05, 4.69) is 15.7 Å². The summed E-state index contributed by atoms with van der Waals surface area (Å²) in [6.45, 7) is 0.992. The second kappa shape index (κ2) is 8.56. The molecule has 0 aliphatic heterocycles. The number of aliphatic carboxylic acids is 2. The van der Waals surface area contributed by atoms with Gasteiger partial charge in [0.25, 0.3) is 0 Å². The molecule has 1 rings (SSSR count). The summed E-state index contributed by atoms with van der Waals surface area (Å²) < 4.78 is 1.71. The van der Waals surface area contributed by atoms with Crippen LogP contribution in [0.2, 0.25) is 0 Å². The van der Waals surface area contributed by atoms with E-state index in [1.54, 1.807) is 23.1 Å².